The van der Waals surface area contributed by atoms with Gasteiger partial charge in [-0.05, 0) is 47.3 Å². The van der Waals surface area contributed by atoms with Gasteiger partial charge < -0.3 is 4.42 Å². The molecule has 3 aromatic rings. The van der Waals surface area contributed by atoms with Crippen LogP contribution in [0.1, 0.15) is 36.4 Å². The molecule has 4 rings (SSSR count). The third-order valence-corrected chi connectivity index (χ3v) is 5.50. The molecule has 1 aliphatic heterocycles. The first-order valence-electron chi connectivity index (χ1n) is 8.94. The van der Waals surface area contributed by atoms with E-state index in [4.69, 9.17) is 4.42 Å². The van der Waals surface area contributed by atoms with Gasteiger partial charge in [-0.1, -0.05) is 18.6 Å². The Kier molecular flexibility index (Phi) is 4.96. The van der Waals surface area contributed by atoms with Crippen LogP contribution < -0.4 is 11.2 Å². The van der Waals surface area contributed by atoms with Crippen molar-refractivity contribution in [1.82, 2.24) is 19.3 Å². The largest absolute Gasteiger partial charge is 0.419 e. The predicted molar refractivity (Wildman–Crippen MR) is 104 cm³/mol. The number of aromatic nitrogens is 4. The summed E-state index contributed by atoms with van der Waals surface area (Å²) in [6, 6.07) is 9.35. The summed E-state index contributed by atoms with van der Waals surface area (Å²) in [5, 5.41) is 17.5. The molecule has 0 saturated heterocycles. The van der Waals surface area contributed by atoms with Crippen molar-refractivity contribution < 1.29 is 4.42 Å². The van der Waals surface area contributed by atoms with E-state index in [0.29, 0.717) is 24.2 Å². The zero-order chi connectivity index (χ0) is 19.7. The molecule has 0 fully saturated rings. The van der Waals surface area contributed by atoms with Crippen molar-refractivity contribution in [3.8, 4) is 17.5 Å². The number of fused-ring (bicyclic) bond motifs is 1. The van der Waals surface area contributed by atoms with Crippen LogP contribution in [0, 0.1) is 11.3 Å². The molecular weight excluding hydrogens is 426 g/mol. The first-order chi connectivity index (χ1) is 13.6. The highest BCUT2D eigenvalue weighted by Gasteiger charge is 2.22. The van der Waals surface area contributed by atoms with Crippen molar-refractivity contribution in [2.24, 2.45) is 0 Å². The predicted octanol–water partition coefficient (Wildman–Crippen LogP) is 2.47. The smallest absolute Gasteiger partial charge is 0.331 e. The molecule has 142 valence electrons. The van der Waals surface area contributed by atoms with Crippen molar-refractivity contribution in [1.29, 1.82) is 5.26 Å². The Labute approximate surface area is 168 Å². The summed E-state index contributed by atoms with van der Waals surface area (Å²) in [5.74, 6) is 0.411. The molecule has 0 radical (unpaired) electrons. The molecule has 0 spiro atoms. The van der Waals surface area contributed by atoms with Crippen LogP contribution in [0.15, 0.2) is 42.7 Å². The molecule has 9 heteroatoms. The SMILES string of the molecule is N#Cc1c2n(c(=O)n(Cc3nnc(-c4ccccc4Br)o3)c1=O)CCCCC2. The molecule has 0 unspecified atom stereocenters. The van der Waals surface area contributed by atoms with E-state index < -0.39 is 11.2 Å². The average Bonchev–Trinajstić information content (AvgIpc) is 3.02. The van der Waals surface area contributed by atoms with Crippen LogP contribution in [0.2, 0.25) is 0 Å². The Morgan fingerprint density at radius 2 is 2.00 bits per heavy atom. The average molecular weight is 442 g/mol. The minimum atomic E-state index is -0.610. The van der Waals surface area contributed by atoms with Gasteiger partial charge in [0.2, 0.25) is 11.8 Å². The summed E-state index contributed by atoms with van der Waals surface area (Å²) < 4.78 is 9.00. The minimum absolute atomic E-state index is 0.0204. The summed E-state index contributed by atoms with van der Waals surface area (Å²) in [5.41, 5.74) is 0.213. The molecule has 0 atom stereocenters. The Balaban J connectivity index is 1.77. The second-order valence-corrected chi connectivity index (χ2v) is 7.40. The van der Waals surface area contributed by atoms with E-state index in [0.717, 1.165) is 28.3 Å². The topological polar surface area (TPSA) is 107 Å². The highest BCUT2D eigenvalue weighted by Crippen LogP contribution is 2.26. The first-order valence-corrected chi connectivity index (χ1v) is 9.73. The number of nitriles is 1. The van der Waals surface area contributed by atoms with Crippen molar-refractivity contribution in [2.45, 2.75) is 38.8 Å². The van der Waals surface area contributed by atoms with Gasteiger partial charge in [0.1, 0.15) is 18.2 Å². The van der Waals surface area contributed by atoms with Crippen LogP contribution in [-0.2, 0) is 19.5 Å². The molecule has 0 N–H and O–H groups in total. The summed E-state index contributed by atoms with van der Waals surface area (Å²) in [7, 11) is 0. The van der Waals surface area contributed by atoms with Crippen LogP contribution >= 0.6 is 15.9 Å². The summed E-state index contributed by atoms with van der Waals surface area (Å²) in [6.07, 6.45) is 3.21. The van der Waals surface area contributed by atoms with Crippen molar-refractivity contribution in [3.63, 3.8) is 0 Å². The van der Waals surface area contributed by atoms with Crippen molar-refractivity contribution >= 4 is 15.9 Å². The van der Waals surface area contributed by atoms with Gasteiger partial charge >= 0.3 is 5.69 Å². The maximum Gasteiger partial charge on any atom is 0.331 e. The molecular formula is C19H16BrN5O3. The van der Waals surface area contributed by atoms with Crippen molar-refractivity contribution in [3.05, 3.63) is 66.7 Å². The van der Waals surface area contributed by atoms with Crippen LogP contribution in [0.3, 0.4) is 0 Å². The number of halogens is 1. The third-order valence-electron chi connectivity index (χ3n) is 4.81. The van der Waals surface area contributed by atoms with E-state index in [2.05, 4.69) is 26.1 Å². The molecule has 3 heterocycles. The molecule has 0 amide bonds. The van der Waals surface area contributed by atoms with Gasteiger partial charge in [-0.3, -0.25) is 9.36 Å². The van der Waals surface area contributed by atoms with E-state index in [1.807, 2.05) is 30.3 Å². The van der Waals surface area contributed by atoms with E-state index in [-0.39, 0.29) is 23.9 Å². The lowest BCUT2D eigenvalue weighted by molar-refractivity contribution is 0.463. The fraction of sp³-hybridized carbons (Fsp3) is 0.316. The summed E-state index contributed by atoms with van der Waals surface area (Å²) >= 11 is 3.43. The number of hydrogen-bond donors (Lipinski definition) is 0. The lowest BCUT2D eigenvalue weighted by Crippen LogP contribution is -2.43. The quantitative estimate of drug-likeness (QED) is 0.617. The van der Waals surface area contributed by atoms with Gasteiger partial charge in [-0.25, -0.2) is 9.36 Å². The van der Waals surface area contributed by atoms with Gasteiger partial charge in [-0.2, -0.15) is 5.26 Å². The molecule has 0 aliphatic carbocycles. The zero-order valence-corrected chi connectivity index (χ0v) is 16.5. The standard InChI is InChI=1S/C19H16BrN5O3/c20-14-7-4-3-6-12(14)17-23-22-16(28-17)11-25-18(26)13(10-21)15-8-2-1-5-9-24(15)19(25)27/h3-4,6-7H,1-2,5,8-9,11H2. The number of rotatable bonds is 3. The van der Waals surface area contributed by atoms with Gasteiger partial charge in [0.25, 0.3) is 5.56 Å². The maximum absolute atomic E-state index is 12.9. The molecule has 0 bridgehead atoms. The fourth-order valence-corrected chi connectivity index (χ4v) is 3.87. The number of nitrogens with zero attached hydrogens (tertiary/aromatic N) is 5. The molecule has 2 aromatic heterocycles. The molecule has 0 saturated carbocycles. The van der Waals surface area contributed by atoms with Crippen LogP contribution in [-0.4, -0.2) is 19.3 Å². The molecule has 1 aliphatic rings. The number of hydrogen-bond acceptors (Lipinski definition) is 6. The maximum atomic E-state index is 12.9. The monoisotopic (exact) mass is 441 g/mol. The van der Waals surface area contributed by atoms with Gasteiger partial charge in [0, 0.05) is 16.7 Å². The van der Waals surface area contributed by atoms with Crippen molar-refractivity contribution in [2.75, 3.05) is 0 Å². The molecule has 1 aromatic carbocycles. The van der Waals surface area contributed by atoms with Crippen LogP contribution in [0.25, 0.3) is 11.5 Å². The lowest BCUT2D eigenvalue weighted by atomic mass is 10.1. The highest BCUT2D eigenvalue weighted by atomic mass is 79.9. The minimum Gasteiger partial charge on any atom is -0.419 e. The molecule has 8 nitrogen and oxygen atoms in total. The van der Waals surface area contributed by atoms with E-state index in [1.54, 1.807) is 0 Å². The van der Waals surface area contributed by atoms with E-state index >= 15 is 0 Å². The van der Waals surface area contributed by atoms with Gasteiger partial charge in [0.05, 0.1) is 5.56 Å². The summed E-state index contributed by atoms with van der Waals surface area (Å²) in [4.78, 5) is 25.7. The second-order valence-electron chi connectivity index (χ2n) is 6.55. The normalized spacial score (nSPS) is 13.6. The van der Waals surface area contributed by atoms with Crippen LogP contribution in [0.5, 0.6) is 0 Å². The Morgan fingerprint density at radius 1 is 1.18 bits per heavy atom. The molecule has 28 heavy (non-hydrogen) atoms. The zero-order valence-electron chi connectivity index (χ0n) is 14.9. The van der Waals surface area contributed by atoms with Gasteiger partial charge in [-0.15, -0.1) is 10.2 Å². The fourth-order valence-electron chi connectivity index (χ4n) is 3.42. The van der Waals surface area contributed by atoms with Gasteiger partial charge in [0.15, 0.2) is 0 Å². The van der Waals surface area contributed by atoms with E-state index in [9.17, 15) is 14.9 Å². The highest BCUT2D eigenvalue weighted by molar-refractivity contribution is 9.10. The van der Waals surface area contributed by atoms with E-state index in [1.165, 1.54) is 4.57 Å². The Hall–Kier alpha value is -2.99. The summed E-state index contributed by atoms with van der Waals surface area (Å²) in [6.45, 7) is 0.319. The first kappa shape index (κ1) is 18.4. The number of benzene rings is 1. The second kappa shape index (κ2) is 7.56. The Bertz CT molecular complexity index is 1200. The Morgan fingerprint density at radius 3 is 2.79 bits per heavy atom. The lowest BCUT2D eigenvalue weighted by Gasteiger charge is -2.13. The van der Waals surface area contributed by atoms with Crippen LogP contribution in [0.4, 0.5) is 0 Å². The third kappa shape index (κ3) is 3.20.